The molecule has 0 aliphatic carbocycles. The summed E-state index contributed by atoms with van der Waals surface area (Å²) in [5.41, 5.74) is -0.212. The summed E-state index contributed by atoms with van der Waals surface area (Å²) in [7, 11) is -1.53. The largest absolute Gasteiger partial charge is 0.510 e. The van der Waals surface area contributed by atoms with E-state index in [9.17, 15) is 4.79 Å². The van der Waals surface area contributed by atoms with Crippen molar-refractivity contribution in [3.8, 4) is 0 Å². The number of nitrogens with zero attached hydrogens (tertiary/aromatic N) is 3. The second-order valence-corrected chi connectivity index (χ2v) is 6.75. The molecule has 0 aromatic carbocycles. The lowest BCUT2D eigenvalue weighted by Gasteiger charge is -2.33. The quantitative estimate of drug-likeness (QED) is 0.779. The first-order valence-corrected chi connectivity index (χ1v) is 7.62. The minimum Gasteiger partial charge on any atom is -0.444 e. The molecule has 122 valence electrons. The molecule has 1 saturated heterocycles. The van der Waals surface area contributed by atoms with E-state index in [1.54, 1.807) is 21.8 Å². The third kappa shape index (κ3) is 4.74. The van der Waals surface area contributed by atoms with E-state index < -0.39 is 12.7 Å². The maximum absolute atomic E-state index is 12.0. The van der Waals surface area contributed by atoms with Gasteiger partial charge in [-0.1, -0.05) is 0 Å². The average molecular weight is 309 g/mol. The van der Waals surface area contributed by atoms with Crippen molar-refractivity contribution in [1.82, 2.24) is 14.7 Å². The molecule has 0 unspecified atom stereocenters. The van der Waals surface area contributed by atoms with Crippen molar-refractivity contribution < 1.29 is 19.6 Å². The standard InChI is InChI=1S/C14H24BN3O4/c1-14(2,3)22-13(19)17-7-4-11(5-8-17)10-18-9-6-12(16-18)15(20)21/h6,9,11,20-21H,4-5,7-8,10H2,1-3H3. The number of rotatable bonds is 3. The van der Waals surface area contributed by atoms with Gasteiger partial charge in [0, 0.05) is 25.8 Å². The molecule has 7 nitrogen and oxygen atoms in total. The van der Waals surface area contributed by atoms with Gasteiger partial charge in [-0.05, 0) is 45.6 Å². The zero-order valence-electron chi connectivity index (χ0n) is 13.4. The summed E-state index contributed by atoms with van der Waals surface area (Å²) >= 11 is 0. The number of aromatic nitrogens is 2. The first-order valence-electron chi connectivity index (χ1n) is 7.62. The van der Waals surface area contributed by atoms with Gasteiger partial charge in [-0.25, -0.2) is 4.79 Å². The summed E-state index contributed by atoms with van der Waals surface area (Å²) in [6, 6.07) is 1.60. The predicted octanol–water partition coefficient (Wildman–Crippen LogP) is 0.210. The van der Waals surface area contributed by atoms with E-state index in [-0.39, 0.29) is 11.7 Å². The highest BCUT2D eigenvalue weighted by Crippen LogP contribution is 2.20. The van der Waals surface area contributed by atoms with Crippen LogP contribution in [-0.4, -0.2) is 56.6 Å². The van der Waals surface area contributed by atoms with Gasteiger partial charge < -0.3 is 19.7 Å². The molecular formula is C14H24BN3O4. The Balaban J connectivity index is 1.80. The molecule has 2 rings (SSSR count). The molecule has 8 heteroatoms. The minimum absolute atomic E-state index is 0.254. The highest BCUT2D eigenvalue weighted by atomic mass is 16.6. The number of likely N-dealkylation sites (tertiary alicyclic amines) is 1. The van der Waals surface area contributed by atoms with Gasteiger partial charge in [0.1, 0.15) is 5.60 Å². The van der Waals surface area contributed by atoms with Crippen LogP contribution in [0.2, 0.25) is 0 Å². The third-order valence-electron chi connectivity index (χ3n) is 3.64. The summed E-state index contributed by atoms with van der Waals surface area (Å²) in [5.74, 6) is 0.419. The third-order valence-corrected chi connectivity index (χ3v) is 3.64. The number of carbonyl (C=O) groups excluding carboxylic acids is 1. The lowest BCUT2D eigenvalue weighted by molar-refractivity contribution is 0.0177. The Morgan fingerprint density at radius 3 is 2.55 bits per heavy atom. The van der Waals surface area contributed by atoms with Crippen LogP contribution in [0.5, 0.6) is 0 Å². The van der Waals surface area contributed by atoms with Crippen molar-refractivity contribution in [3.63, 3.8) is 0 Å². The number of ether oxygens (including phenoxy) is 1. The van der Waals surface area contributed by atoms with Crippen molar-refractivity contribution in [3.05, 3.63) is 12.3 Å². The molecule has 0 saturated carbocycles. The van der Waals surface area contributed by atoms with Crippen LogP contribution in [0.15, 0.2) is 12.3 Å². The molecule has 1 aliphatic heterocycles. The molecule has 1 aliphatic rings. The predicted molar refractivity (Wildman–Crippen MR) is 82.6 cm³/mol. The van der Waals surface area contributed by atoms with Crippen LogP contribution in [0.25, 0.3) is 0 Å². The fraction of sp³-hybridized carbons (Fsp3) is 0.714. The van der Waals surface area contributed by atoms with Gasteiger partial charge in [-0.15, -0.1) is 0 Å². The van der Waals surface area contributed by atoms with E-state index in [1.165, 1.54) is 0 Å². The van der Waals surface area contributed by atoms with E-state index in [0.717, 1.165) is 19.4 Å². The van der Waals surface area contributed by atoms with Gasteiger partial charge in [-0.2, -0.15) is 5.10 Å². The molecule has 1 aromatic heterocycles. The number of carbonyl (C=O) groups is 1. The topological polar surface area (TPSA) is 87.8 Å². The van der Waals surface area contributed by atoms with Crippen LogP contribution in [0, 0.1) is 5.92 Å². The van der Waals surface area contributed by atoms with Gasteiger partial charge in [0.25, 0.3) is 0 Å². The molecule has 22 heavy (non-hydrogen) atoms. The Hall–Kier alpha value is -1.54. The van der Waals surface area contributed by atoms with Crippen LogP contribution in [0.1, 0.15) is 33.6 Å². The molecule has 0 bridgehead atoms. The van der Waals surface area contributed by atoms with Crippen LogP contribution >= 0.6 is 0 Å². The lowest BCUT2D eigenvalue weighted by Crippen LogP contribution is -2.42. The van der Waals surface area contributed by atoms with E-state index in [4.69, 9.17) is 14.8 Å². The van der Waals surface area contributed by atoms with Gasteiger partial charge in [0.05, 0.1) is 5.59 Å². The average Bonchev–Trinajstić information content (AvgIpc) is 2.86. The van der Waals surface area contributed by atoms with E-state index in [0.29, 0.717) is 19.0 Å². The first kappa shape index (κ1) is 16.8. The van der Waals surface area contributed by atoms with E-state index >= 15 is 0 Å². The van der Waals surface area contributed by atoms with Gasteiger partial charge >= 0.3 is 13.2 Å². The summed E-state index contributed by atoms with van der Waals surface area (Å²) < 4.78 is 7.10. The highest BCUT2D eigenvalue weighted by molar-refractivity contribution is 6.57. The molecule has 1 aromatic rings. The summed E-state index contributed by atoms with van der Waals surface area (Å²) in [6.45, 7) is 7.66. The van der Waals surface area contributed by atoms with Crippen molar-refractivity contribution in [2.75, 3.05) is 13.1 Å². The fourth-order valence-corrected chi connectivity index (χ4v) is 2.51. The zero-order valence-corrected chi connectivity index (χ0v) is 13.4. The Labute approximate surface area is 131 Å². The van der Waals surface area contributed by atoms with Crippen molar-refractivity contribution in [2.24, 2.45) is 5.92 Å². The fourth-order valence-electron chi connectivity index (χ4n) is 2.51. The van der Waals surface area contributed by atoms with Crippen molar-refractivity contribution in [2.45, 2.75) is 45.8 Å². The van der Waals surface area contributed by atoms with Crippen LogP contribution in [-0.2, 0) is 11.3 Å². The Kier molecular flexibility index (Phi) is 5.13. The maximum Gasteiger partial charge on any atom is 0.510 e. The number of amides is 1. The lowest BCUT2D eigenvalue weighted by atomic mass is 9.87. The second-order valence-electron chi connectivity index (χ2n) is 6.75. The van der Waals surface area contributed by atoms with Crippen molar-refractivity contribution >= 4 is 18.8 Å². The molecular weight excluding hydrogens is 285 g/mol. The molecule has 0 atom stereocenters. The molecule has 0 spiro atoms. The van der Waals surface area contributed by atoms with Crippen LogP contribution < -0.4 is 5.59 Å². The smallest absolute Gasteiger partial charge is 0.444 e. The normalized spacial score (nSPS) is 16.7. The number of hydrogen-bond acceptors (Lipinski definition) is 5. The first-order chi connectivity index (χ1) is 10.2. The zero-order chi connectivity index (χ0) is 16.3. The highest BCUT2D eigenvalue weighted by Gasteiger charge is 2.27. The SMILES string of the molecule is CC(C)(C)OC(=O)N1CCC(Cn2ccc(B(O)O)n2)CC1. The van der Waals surface area contributed by atoms with Gasteiger partial charge in [0.2, 0.25) is 0 Å². The Morgan fingerprint density at radius 1 is 1.41 bits per heavy atom. The Morgan fingerprint density at radius 2 is 2.05 bits per heavy atom. The van der Waals surface area contributed by atoms with E-state index in [2.05, 4.69) is 5.10 Å². The molecule has 0 radical (unpaired) electrons. The maximum atomic E-state index is 12.0. The summed E-state index contributed by atoms with van der Waals surface area (Å²) in [4.78, 5) is 13.7. The summed E-state index contributed by atoms with van der Waals surface area (Å²) in [5, 5.41) is 22.2. The number of hydrogen-bond donors (Lipinski definition) is 2. The van der Waals surface area contributed by atoms with E-state index in [1.807, 2.05) is 20.8 Å². The molecule has 2 heterocycles. The molecule has 1 fully saturated rings. The molecule has 2 N–H and O–H groups in total. The minimum atomic E-state index is -1.53. The van der Waals surface area contributed by atoms with Crippen molar-refractivity contribution in [1.29, 1.82) is 0 Å². The second kappa shape index (κ2) is 6.70. The summed E-state index contributed by atoms with van der Waals surface area (Å²) in [6.07, 6.45) is 3.26. The van der Waals surface area contributed by atoms with Crippen LogP contribution in [0.4, 0.5) is 4.79 Å². The monoisotopic (exact) mass is 309 g/mol. The van der Waals surface area contributed by atoms with Crippen LogP contribution in [0.3, 0.4) is 0 Å². The van der Waals surface area contributed by atoms with Gasteiger partial charge in [0.15, 0.2) is 0 Å². The van der Waals surface area contributed by atoms with Gasteiger partial charge in [-0.3, -0.25) is 4.68 Å². The number of piperidine rings is 1. The molecule has 1 amide bonds. The Bertz CT molecular complexity index is 504.